The zero-order valence-corrected chi connectivity index (χ0v) is 21.0. The summed E-state index contributed by atoms with van der Waals surface area (Å²) < 4.78 is 26.0. The Morgan fingerprint density at radius 3 is 2.16 bits per heavy atom. The predicted octanol–water partition coefficient (Wildman–Crippen LogP) is 6.79. The third kappa shape index (κ3) is 7.07. The first kappa shape index (κ1) is 26.6. The molecular formula is C30H33F2N3O2. The van der Waals surface area contributed by atoms with Gasteiger partial charge in [0.15, 0.2) is 0 Å². The second-order valence-electron chi connectivity index (χ2n) is 10.0. The lowest BCUT2D eigenvalue weighted by Crippen LogP contribution is -2.22. The Balaban J connectivity index is 1.50. The van der Waals surface area contributed by atoms with Crippen LogP contribution in [0, 0.1) is 11.8 Å². The Morgan fingerprint density at radius 1 is 0.946 bits per heavy atom. The Labute approximate surface area is 216 Å². The van der Waals surface area contributed by atoms with Crippen LogP contribution in [0.15, 0.2) is 66.9 Å². The molecule has 2 aromatic carbocycles. The number of anilines is 1. The van der Waals surface area contributed by atoms with Gasteiger partial charge in [0.25, 0.3) is 6.43 Å². The summed E-state index contributed by atoms with van der Waals surface area (Å²) in [5, 5.41) is 3.00. The lowest BCUT2D eigenvalue weighted by atomic mass is 9.78. The van der Waals surface area contributed by atoms with Crippen molar-refractivity contribution in [2.75, 3.05) is 5.32 Å². The lowest BCUT2D eigenvalue weighted by Gasteiger charge is -2.27. The number of hydrogen-bond acceptors (Lipinski definition) is 4. The number of nitrogens with two attached hydrogens (primary N) is 1. The van der Waals surface area contributed by atoms with Gasteiger partial charge in [-0.1, -0.05) is 54.6 Å². The van der Waals surface area contributed by atoms with E-state index in [1.165, 1.54) is 0 Å². The molecule has 3 N–H and O–H groups in total. The summed E-state index contributed by atoms with van der Waals surface area (Å²) in [6, 6.07) is 17.0. The van der Waals surface area contributed by atoms with Gasteiger partial charge in [0.2, 0.25) is 5.91 Å². The Morgan fingerprint density at radius 2 is 1.57 bits per heavy atom. The molecule has 1 aliphatic carbocycles. The number of rotatable bonds is 9. The maximum atomic E-state index is 13.0. The first-order valence-electron chi connectivity index (χ1n) is 12.8. The summed E-state index contributed by atoms with van der Waals surface area (Å²) in [5.74, 6) is 0.956. The topological polar surface area (TPSA) is 85.1 Å². The van der Waals surface area contributed by atoms with E-state index < -0.39 is 12.5 Å². The Hall–Kier alpha value is -3.45. The van der Waals surface area contributed by atoms with Crippen molar-refractivity contribution in [2.24, 2.45) is 17.6 Å². The quantitative estimate of drug-likeness (QED) is 0.335. The van der Waals surface area contributed by atoms with E-state index in [1.807, 2.05) is 36.4 Å². The maximum absolute atomic E-state index is 13.0. The number of aromatic nitrogens is 1. The molecule has 1 amide bonds. The van der Waals surface area contributed by atoms with Crippen molar-refractivity contribution in [2.45, 2.75) is 57.9 Å². The molecule has 0 spiro atoms. The number of alkyl halides is 2. The number of ketones is 1. The van der Waals surface area contributed by atoms with E-state index in [2.05, 4.69) is 10.3 Å². The van der Waals surface area contributed by atoms with Gasteiger partial charge < -0.3 is 15.8 Å². The highest BCUT2D eigenvalue weighted by Gasteiger charge is 2.24. The molecule has 1 heterocycles. The van der Waals surface area contributed by atoms with Crippen molar-refractivity contribution in [3.8, 4) is 22.4 Å². The summed E-state index contributed by atoms with van der Waals surface area (Å²) in [6.07, 6.45) is 3.98. The molecule has 4 rings (SSSR count). The molecule has 0 saturated heterocycles. The van der Waals surface area contributed by atoms with E-state index in [1.54, 1.807) is 37.4 Å². The number of nitrogens with one attached hydrogen (secondary N) is 1. The van der Waals surface area contributed by atoms with Gasteiger partial charge in [-0.15, -0.1) is 0 Å². The fourth-order valence-corrected chi connectivity index (χ4v) is 5.13. The lowest BCUT2D eigenvalue weighted by molar-refractivity contribution is -0.119. The normalized spacial score (nSPS) is 18.4. The van der Waals surface area contributed by atoms with Crippen molar-refractivity contribution in [3.05, 3.63) is 72.4 Å². The van der Waals surface area contributed by atoms with E-state index in [4.69, 9.17) is 5.73 Å². The van der Waals surface area contributed by atoms with Crippen LogP contribution in [0.2, 0.25) is 0 Å². The van der Waals surface area contributed by atoms with Crippen LogP contribution in [0.25, 0.3) is 22.4 Å². The highest BCUT2D eigenvalue weighted by Crippen LogP contribution is 2.35. The molecule has 0 unspecified atom stereocenters. The number of amides is 1. The molecular weight excluding hydrogens is 472 g/mol. The molecule has 1 aliphatic rings. The molecule has 1 saturated carbocycles. The minimum Gasteiger partial charge on any atom is -0.325 e. The number of pyridine rings is 1. The first-order valence-corrected chi connectivity index (χ1v) is 12.8. The highest BCUT2D eigenvalue weighted by atomic mass is 19.3. The molecule has 0 bridgehead atoms. The Kier molecular flexibility index (Phi) is 8.77. The van der Waals surface area contributed by atoms with Crippen LogP contribution < -0.4 is 11.1 Å². The van der Waals surface area contributed by atoms with Crippen LogP contribution >= 0.6 is 0 Å². The van der Waals surface area contributed by atoms with Gasteiger partial charge >= 0.3 is 0 Å². The zero-order valence-electron chi connectivity index (χ0n) is 21.0. The van der Waals surface area contributed by atoms with Gasteiger partial charge in [0.1, 0.15) is 5.78 Å². The third-order valence-corrected chi connectivity index (χ3v) is 7.11. The van der Waals surface area contributed by atoms with E-state index in [0.29, 0.717) is 41.6 Å². The largest absolute Gasteiger partial charge is 0.325 e. The van der Waals surface area contributed by atoms with Gasteiger partial charge in [-0.25, -0.2) is 8.78 Å². The van der Waals surface area contributed by atoms with Crippen molar-refractivity contribution in [1.82, 2.24) is 4.98 Å². The number of halogens is 2. The third-order valence-electron chi connectivity index (χ3n) is 7.11. The van der Waals surface area contributed by atoms with Crippen molar-refractivity contribution in [3.63, 3.8) is 0 Å². The average molecular weight is 506 g/mol. The molecule has 1 aromatic heterocycles. The van der Waals surface area contributed by atoms with Crippen molar-refractivity contribution >= 4 is 17.4 Å². The van der Waals surface area contributed by atoms with E-state index >= 15 is 0 Å². The predicted molar refractivity (Wildman–Crippen MR) is 142 cm³/mol. The Bertz CT molecular complexity index is 1210. The van der Waals surface area contributed by atoms with E-state index in [-0.39, 0.29) is 11.7 Å². The SMILES string of the molecule is CC(=O)CC1CCC(CC(=O)Nc2cnc(-c3ccc([C@H](N)C(F)F)cc3)c(-c3ccccc3)c2)CC1. The van der Waals surface area contributed by atoms with Crippen molar-refractivity contribution < 1.29 is 18.4 Å². The van der Waals surface area contributed by atoms with Gasteiger partial charge in [-0.2, -0.15) is 0 Å². The minimum absolute atomic E-state index is 0.0473. The molecule has 0 radical (unpaired) electrons. The van der Waals surface area contributed by atoms with Gasteiger partial charge in [0, 0.05) is 24.0 Å². The van der Waals surface area contributed by atoms with Gasteiger partial charge in [0.05, 0.1) is 23.6 Å². The number of carbonyl (C=O) groups excluding carboxylic acids is 2. The molecule has 194 valence electrons. The number of carbonyl (C=O) groups is 2. The average Bonchev–Trinajstić information content (AvgIpc) is 2.89. The molecule has 0 aliphatic heterocycles. The summed E-state index contributed by atoms with van der Waals surface area (Å²) in [7, 11) is 0. The van der Waals surface area contributed by atoms with Crippen LogP contribution in [0.5, 0.6) is 0 Å². The summed E-state index contributed by atoms with van der Waals surface area (Å²) in [6.45, 7) is 1.64. The number of hydrogen-bond donors (Lipinski definition) is 2. The van der Waals surface area contributed by atoms with Crippen LogP contribution in [0.3, 0.4) is 0 Å². The zero-order chi connectivity index (χ0) is 26.4. The van der Waals surface area contributed by atoms with E-state index in [0.717, 1.165) is 42.4 Å². The first-order chi connectivity index (χ1) is 17.8. The fourth-order valence-electron chi connectivity index (χ4n) is 5.13. The molecule has 37 heavy (non-hydrogen) atoms. The number of nitrogens with zero attached hydrogens (tertiary/aromatic N) is 1. The van der Waals surface area contributed by atoms with Gasteiger partial charge in [-0.05, 0) is 61.6 Å². The smallest absolute Gasteiger partial charge is 0.257 e. The molecule has 1 atom stereocenters. The molecule has 5 nitrogen and oxygen atoms in total. The summed E-state index contributed by atoms with van der Waals surface area (Å²) in [5.41, 5.74) is 9.76. The molecule has 3 aromatic rings. The summed E-state index contributed by atoms with van der Waals surface area (Å²) in [4.78, 5) is 28.9. The van der Waals surface area contributed by atoms with Crippen LogP contribution in [-0.4, -0.2) is 23.1 Å². The number of Topliss-reactive ketones (excluding diaryl/α,β-unsaturated/α-hetero) is 1. The van der Waals surface area contributed by atoms with Crippen LogP contribution in [-0.2, 0) is 9.59 Å². The van der Waals surface area contributed by atoms with Crippen LogP contribution in [0.1, 0.15) is 57.1 Å². The summed E-state index contributed by atoms with van der Waals surface area (Å²) >= 11 is 0. The highest BCUT2D eigenvalue weighted by molar-refractivity contribution is 5.93. The second kappa shape index (κ2) is 12.2. The molecule has 7 heteroatoms. The fraction of sp³-hybridized carbons (Fsp3) is 0.367. The van der Waals surface area contributed by atoms with E-state index in [9.17, 15) is 18.4 Å². The van der Waals surface area contributed by atoms with Gasteiger partial charge in [-0.3, -0.25) is 9.78 Å². The monoisotopic (exact) mass is 505 g/mol. The molecule has 1 fully saturated rings. The maximum Gasteiger partial charge on any atom is 0.257 e. The minimum atomic E-state index is -2.64. The van der Waals surface area contributed by atoms with Crippen LogP contribution in [0.4, 0.5) is 14.5 Å². The number of benzene rings is 2. The van der Waals surface area contributed by atoms with Crippen molar-refractivity contribution in [1.29, 1.82) is 0 Å². The standard InChI is InChI=1S/C30H33F2N3O2/c1-19(36)15-20-7-9-21(10-8-20)16-27(37)35-25-17-26(22-5-3-2-4-6-22)29(34-18-25)24-13-11-23(12-14-24)28(33)30(31)32/h2-6,11-14,17-18,20-21,28,30H,7-10,15-16,33H2,1H3,(H,35,37)/t20?,21?,28-/m0/s1. The second-order valence-corrected chi connectivity index (χ2v) is 10.0.